The molecule has 4 N–H and O–H groups in total. The van der Waals surface area contributed by atoms with Gasteiger partial charge in [0.1, 0.15) is 18.4 Å². The zero-order valence-electron chi connectivity index (χ0n) is 37.3. The first-order valence-corrected chi connectivity index (χ1v) is 25.0. The number of hydrogen-bond acceptors (Lipinski definition) is 15. The molecule has 6 aromatic rings. The Morgan fingerprint density at radius 2 is 1.08 bits per heavy atom. The molecule has 0 spiro atoms. The highest BCUT2D eigenvalue weighted by molar-refractivity contribution is 7.90. The van der Waals surface area contributed by atoms with Crippen LogP contribution in [0.1, 0.15) is 74.5 Å². The smallest absolute Gasteiger partial charge is 0.477 e. The summed E-state index contributed by atoms with van der Waals surface area (Å²) in [5.74, 6) is -1.15. The van der Waals surface area contributed by atoms with Crippen LogP contribution in [0, 0.1) is 13.8 Å². The molecular weight excluding hydrogens is 1050 g/mol. The molecule has 6 heterocycles. The second kappa shape index (κ2) is 23.0. The molecule has 388 valence electrons. The lowest BCUT2D eigenvalue weighted by Gasteiger charge is -2.29. The van der Waals surface area contributed by atoms with E-state index in [0.29, 0.717) is 60.5 Å². The van der Waals surface area contributed by atoms with Gasteiger partial charge in [-0.25, -0.2) is 23.4 Å². The standard InChI is InChI=1S/C20H21F3N6O3S2.C11H13F3N4O2S.C9H10N2O2S.CH4.ClH/c1-3-16-17(28-11-13(2)33-19(28)26-16)18(30)24-10-14-4-6-15(7-5-14)29-9-8-27(12-25-29)34(31,32)20(21,22)23;12-11(13,14)21(19,20)17-5-6-18(16-8-17)10-3-1-9(7-15)2-4-10;1-3-6-7(8(12)13)11-4-5(2)14-9(11)10-6;;/h4-7,11-12H,3,8-10H2,1-2H3,(H,24,30);1-4,8H,5-7,15H2;4H,3H2,1-2H3,(H,12,13);1H4;1H. The quantitative estimate of drug-likeness (QED) is 0.109. The summed E-state index contributed by atoms with van der Waals surface area (Å²) in [6.45, 7) is 7.65. The van der Waals surface area contributed by atoms with Gasteiger partial charge in [-0.2, -0.15) is 53.4 Å². The number of nitrogens with two attached hydrogens (primary N) is 1. The average Bonchev–Trinajstić information content (AvgIpc) is 4.06. The number of aryl methyl sites for hydroxylation is 4. The van der Waals surface area contributed by atoms with Crippen LogP contribution in [-0.4, -0.2) is 111 Å². The van der Waals surface area contributed by atoms with E-state index in [0.717, 1.165) is 36.5 Å². The molecule has 4 aromatic heterocycles. The third-order valence-corrected chi connectivity index (χ3v) is 14.9. The average molecular weight is 1100 g/mol. The zero-order chi connectivity index (χ0) is 50.6. The molecule has 0 saturated carbocycles. The number of rotatable bonds is 11. The van der Waals surface area contributed by atoms with E-state index in [1.165, 1.54) is 32.7 Å². The minimum Gasteiger partial charge on any atom is -0.477 e. The molecule has 0 atom stereocenters. The van der Waals surface area contributed by atoms with Gasteiger partial charge in [-0.15, -0.1) is 35.1 Å². The van der Waals surface area contributed by atoms with Crippen molar-refractivity contribution >= 4 is 101 Å². The zero-order valence-corrected chi connectivity index (χ0v) is 41.4. The van der Waals surface area contributed by atoms with Gasteiger partial charge in [0.25, 0.3) is 5.91 Å². The van der Waals surface area contributed by atoms with Gasteiger partial charge in [0, 0.05) is 35.2 Å². The second-order valence-corrected chi connectivity index (χ2v) is 21.1. The van der Waals surface area contributed by atoms with E-state index in [2.05, 4.69) is 25.5 Å². The molecule has 0 saturated heterocycles. The number of imidazole rings is 2. The lowest BCUT2D eigenvalue weighted by Crippen LogP contribution is -2.46. The van der Waals surface area contributed by atoms with Crippen LogP contribution >= 0.6 is 35.1 Å². The van der Waals surface area contributed by atoms with Crippen LogP contribution in [0.5, 0.6) is 0 Å². The fourth-order valence-corrected chi connectivity index (χ4v) is 9.89. The molecule has 2 aliphatic rings. The molecule has 0 unspecified atom stereocenters. The van der Waals surface area contributed by atoms with Crippen molar-refractivity contribution < 1.29 is 57.9 Å². The highest BCUT2D eigenvalue weighted by Gasteiger charge is 2.51. The number of carboxylic acids is 1. The van der Waals surface area contributed by atoms with Gasteiger partial charge >= 0.3 is 37.0 Å². The van der Waals surface area contributed by atoms with Crippen LogP contribution in [0.4, 0.5) is 37.7 Å². The van der Waals surface area contributed by atoms with Crippen molar-refractivity contribution in [3.05, 3.63) is 105 Å². The number of thiazole rings is 2. The molecule has 0 aliphatic carbocycles. The number of benzene rings is 2. The van der Waals surface area contributed by atoms with Gasteiger partial charge in [0.2, 0.25) is 0 Å². The Bertz CT molecular complexity index is 3100. The molecule has 30 heteroatoms. The molecule has 8 rings (SSSR count). The molecule has 71 heavy (non-hydrogen) atoms. The Morgan fingerprint density at radius 3 is 1.44 bits per heavy atom. The van der Waals surface area contributed by atoms with Crippen LogP contribution in [-0.2, 0) is 46.0 Å². The Labute approximate surface area is 418 Å². The molecule has 19 nitrogen and oxygen atoms in total. The minimum absolute atomic E-state index is 0. The van der Waals surface area contributed by atoms with Crippen LogP contribution in [0.15, 0.2) is 71.1 Å². The molecular formula is C41H49ClF6N12O7S4. The normalized spacial score (nSPS) is 14.1. The van der Waals surface area contributed by atoms with Gasteiger partial charge in [-0.1, -0.05) is 45.5 Å². The molecule has 0 bridgehead atoms. The van der Waals surface area contributed by atoms with Crippen molar-refractivity contribution in [2.45, 2.75) is 72.1 Å². The van der Waals surface area contributed by atoms with Crippen LogP contribution < -0.4 is 21.1 Å². The fourth-order valence-electron chi connectivity index (χ4n) is 6.70. The Balaban J connectivity index is 0.000000252. The summed E-state index contributed by atoms with van der Waals surface area (Å²) in [6.07, 6.45) is 6.30. The predicted molar refractivity (Wildman–Crippen MR) is 262 cm³/mol. The monoisotopic (exact) mass is 1100 g/mol. The Kier molecular flexibility index (Phi) is 18.7. The van der Waals surface area contributed by atoms with E-state index in [1.54, 1.807) is 57.3 Å². The maximum Gasteiger partial charge on any atom is 0.516 e. The van der Waals surface area contributed by atoms with E-state index < -0.39 is 37.0 Å². The van der Waals surface area contributed by atoms with Crippen LogP contribution in [0.25, 0.3) is 9.92 Å². The van der Waals surface area contributed by atoms with E-state index >= 15 is 0 Å². The number of sulfonamides is 2. The SMILES string of the molecule is C.CCc1nc2sc(C)cn2c1C(=O)NCc1ccc(N2CCN(S(=O)(=O)C(F)(F)F)C=N2)cc1.CCc1nc2sc(C)cn2c1C(=O)O.Cl.NCc1ccc(N2CCN(S(=O)(=O)C(F)(F)F)C=N2)cc1. The fraction of sp³-hybridized carbons (Fsp3) is 0.366. The summed E-state index contributed by atoms with van der Waals surface area (Å²) in [6, 6.07) is 13.9. The third-order valence-electron chi connectivity index (χ3n) is 10.2. The number of hydrazone groups is 2. The molecule has 2 aromatic carbocycles. The van der Waals surface area contributed by atoms with Crippen molar-refractivity contribution in [1.29, 1.82) is 0 Å². The number of amides is 1. The topological polar surface area (TPSA) is 233 Å². The van der Waals surface area contributed by atoms with Crippen LogP contribution in [0.3, 0.4) is 0 Å². The number of carboxylic acid groups (broad SMARTS) is 1. The summed E-state index contributed by atoms with van der Waals surface area (Å²) in [4.78, 5) is 36.3. The maximum atomic E-state index is 12.9. The number of nitrogens with one attached hydrogen (secondary N) is 1. The highest BCUT2D eigenvalue weighted by atomic mass is 35.5. The number of nitrogens with zero attached hydrogens (tertiary/aromatic N) is 10. The number of hydrogen-bond donors (Lipinski definition) is 3. The van der Waals surface area contributed by atoms with Crippen molar-refractivity contribution in [3.63, 3.8) is 0 Å². The van der Waals surface area contributed by atoms with E-state index in [4.69, 9.17) is 10.8 Å². The number of fused-ring (bicyclic) bond motifs is 2. The lowest BCUT2D eigenvalue weighted by atomic mass is 10.2. The summed E-state index contributed by atoms with van der Waals surface area (Å²) in [7, 11) is -10.8. The van der Waals surface area contributed by atoms with Gasteiger partial charge < -0.3 is 16.2 Å². The number of anilines is 2. The predicted octanol–water partition coefficient (Wildman–Crippen LogP) is 7.19. The van der Waals surface area contributed by atoms with Gasteiger partial charge in [-0.05, 0) is 62.1 Å². The van der Waals surface area contributed by atoms with Gasteiger partial charge in [0.15, 0.2) is 15.6 Å². The number of carbonyl (C=O) groups excluding carboxylic acids is 1. The Hall–Kier alpha value is -6.01. The molecule has 1 amide bonds. The number of aromatic carboxylic acids is 1. The van der Waals surface area contributed by atoms with Crippen molar-refractivity contribution in [3.8, 4) is 0 Å². The van der Waals surface area contributed by atoms with Gasteiger partial charge in [0.05, 0.1) is 48.9 Å². The summed E-state index contributed by atoms with van der Waals surface area (Å²) >= 11 is 3.02. The molecule has 0 radical (unpaired) electrons. The largest absolute Gasteiger partial charge is 0.516 e. The van der Waals surface area contributed by atoms with Crippen LogP contribution in [0.2, 0.25) is 0 Å². The number of alkyl halides is 6. The number of carbonyl (C=O) groups is 2. The summed E-state index contributed by atoms with van der Waals surface area (Å²) in [5, 5.41) is 22.3. The van der Waals surface area contributed by atoms with Gasteiger partial charge in [-0.3, -0.25) is 23.6 Å². The summed E-state index contributed by atoms with van der Waals surface area (Å²) < 4.78 is 124. The first-order valence-electron chi connectivity index (χ1n) is 20.5. The van der Waals surface area contributed by atoms with Crippen molar-refractivity contribution in [1.82, 2.24) is 32.7 Å². The Morgan fingerprint density at radius 1 is 0.690 bits per heavy atom. The highest BCUT2D eigenvalue weighted by Crippen LogP contribution is 2.30. The third kappa shape index (κ3) is 12.7. The van der Waals surface area contributed by atoms with E-state index in [-0.39, 0.29) is 67.1 Å². The van der Waals surface area contributed by atoms with E-state index in [1.807, 2.05) is 40.1 Å². The van der Waals surface area contributed by atoms with Crippen molar-refractivity contribution in [2.75, 3.05) is 36.2 Å². The second-order valence-electron chi connectivity index (χ2n) is 14.9. The van der Waals surface area contributed by atoms with Crippen molar-refractivity contribution in [2.24, 2.45) is 15.9 Å². The molecule has 2 aliphatic heterocycles. The first kappa shape index (κ1) is 57.6. The number of aromatic nitrogens is 4. The first-order chi connectivity index (χ1) is 32.4. The maximum absolute atomic E-state index is 12.9. The molecule has 0 fully saturated rings. The lowest BCUT2D eigenvalue weighted by molar-refractivity contribution is -0.0477. The minimum atomic E-state index is -5.45. The number of halogens is 7. The summed E-state index contributed by atoms with van der Waals surface area (Å²) in [5.41, 5.74) is -0.120. The van der Waals surface area contributed by atoms with E-state index in [9.17, 15) is 52.8 Å².